The molecule has 25 heavy (non-hydrogen) atoms. The molecule has 0 bridgehead atoms. The Morgan fingerprint density at radius 1 is 0.680 bits per heavy atom. The van der Waals surface area contributed by atoms with Gasteiger partial charge in [0.15, 0.2) is 0 Å². The highest BCUT2D eigenvalue weighted by Gasteiger charge is 2.81. The fourth-order valence-electron chi connectivity index (χ4n) is 0.907. The van der Waals surface area contributed by atoms with Gasteiger partial charge in [0.25, 0.3) is 0 Å². The van der Waals surface area contributed by atoms with Crippen LogP contribution in [0.2, 0.25) is 0 Å². The zero-order valence-corrected chi connectivity index (χ0v) is 10.8. The summed E-state index contributed by atoms with van der Waals surface area (Å²) in [7, 11) is 0. The Hall–Kier alpha value is -1.56. The third kappa shape index (κ3) is 4.97. The van der Waals surface area contributed by atoms with Gasteiger partial charge in [-0.2, -0.15) is 43.9 Å². The van der Waals surface area contributed by atoms with E-state index in [9.17, 15) is 61.9 Å². The molecule has 0 aromatic carbocycles. The minimum Gasteiger partial charge on any atom is -0.477 e. The van der Waals surface area contributed by atoms with Crippen LogP contribution in [0.3, 0.4) is 0 Å². The maximum Gasteiger partial charge on any atom is 0.525 e. The monoisotopic (exact) mass is 413 g/mol. The van der Waals surface area contributed by atoms with Crippen molar-refractivity contribution in [1.82, 2.24) is 6.15 Å². The summed E-state index contributed by atoms with van der Waals surface area (Å²) >= 11 is 0. The van der Waals surface area contributed by atoms with Crippen LogP contribution in [0.15, 0.2) is 0 Å². The van der Waals surface area contributed by atoms with Crippen LogP contribution in [-0.2, 0) is 14.3 Å². The van der Waals surface area contributed by atoms with Gasteiger partial charge < -0.3 is 11.3 Å². The minimum atomic E-state index is -7.44. The van der Waals surface area contributed by atoms with E-state index in [-0.39, 0.29) is 6.15 Å². The Kier molecular flexibility index (Phi) is 6.81. The predicted molar refractivity (Wildman–Crippen MR) is 45.6 cm³/mol. The number of carboxylic acids is 1. The molecule has 0 aliphatic carbocycles. The highest BCUT2D eigenvalue weighted by molar-refractivity contribution is 5.76. The number of aliphatic carboxylic acids is 1. The maximum absolute atomic E-state index is 13.1. The second kappa shape index (κ2) is 6.63. The molecule has 4 N–H and O–H groups in total. The van der Waals surface area contributed by atoms with E-state index in [1.54, 1.807) is 4.74 Å². The zero-order valence-electron chi connectivity index (χ0n) is 10.8. The Bertz CT molecular complexity index is 484. The van der Waals surface area contributed by atoms with Crippen LogP contribution in [0.5, 0.6) is 0 Å². The van der Waals surface area contributed by atoms with Crippen LogP contribution in [0.4, 0.5) is 57.1 Å². The smallest absolute Gasteiger partial charge is 0.477 e. The Morgan fingerprint density at radius 3 is 1.24 bits per heavy atom. The van der Waals surface area contributed by atoms with Crippen LogP contribution >= 0.6 is 0 Å². The van der Waals surface area contributed by atoms with Crippen molar-refractivity contribution in [1.29, 1.82) is 0 Å². The lowest BCUT2D eigenvalue weighted by molar-refractivity contribution is -0.539. The summed E-state index contributed by atoms with van der Waals surface area (Å²) in [5.74, 6) is -18.2. The Balaban J connectivity index is 0. The summed E-state index contributed by atoms with van der Waals surface area (Å²) in [6.45, 7) is 0. The van der Waals surface area contributed by atoms with E-state index in [4.69, 9.17) is 5.11 Å². The molecule has 0 aromatic heterocycles. The first-order valence-corrected chi connectivity index (χ1v) is 4.70. The van der Waals surface area contributed by atoms with E-state index in [0.29, 0.717) is 0 Å². The van der Waals surface area contributed by atoms with Crippen molar-refractivity contribution in [2.24, 2.45) is 0 Å². The quantitative estimate of drug-likeness (QED) is 0.669. The molecule has 5 nitrogen and oxygen atoms in total. The lowest BCUT2D eigenvalue weighted by Crippen LogP contribution is -2.65. The molecule has 0 heterocycles. The molecule has 18 heteroatoms. The van der Waals surface area contributed by atoms with Gasteiger partial charge in [0.1, 0.15) is 0 Å². The number of rotatable bonds is 5. The molecular weight excluding hydrogens is 409 g/mol. The van der Waals surface area contributed by atoms with Crippen molar-refractivity contribution in [3.63, 3.8) is 0 Å². The Labute approximate surface area is 126 Å². The van der Waals surface area contributed by atoms with E-state index in [1.807, 2.05) is 0 Å². The second-order valence-electron chi connectivity index (χ2n) is 3.66. The number of ether oxygens (including phenoxy) is 2. The molecule has 0 spiro atoms. The van der Waals surface area contributed by atoms with Crippen molar-refractivity contribution in [3.05, 3.63) is 0 Å². The van der Waals surface area contributed by atoms with Gasteiger partial charge in [0.05, 0.1) is 0 Å². The summed E-state index contributed by atoms with van der Waals surface area (Å²) < 4.78 is 162. The molecular formula is C7H4F13NO4. The summed E-state index contributed by atoms with van der Waals surface area (Å²) in [5.41, 5.74) is 0. The number of alkyl halides is 13. The molecule has 2 unspecified atom stereocenters. The molecule has 2 atom stereocenters. The third-order valence-corrected chi connectivity index (χ3v) is 1.90. The lowest BCUT2D eigenvalue weighted by Gasteiger charge is -2.36. The molecule has 152 valence electrons. The topological polar surface area (TPSA) is 90.8 Å². The molecule has 0 aliphatic heterocycles. The summed E-state index contributed by atoms with van der Waals surface area (Å²) in [4.78, 5) is 9.99. The molecule has 0 saturated carbocycles. The first kappa shape index (κ1) is 25.7. The molecule has 0 rings (SSSR count). The van der Waals surface area contributed by atoms with Crippen molar-refractivity contribution in [2.45, 2.75) is 36.5 Å². The lowest BCUT2D eigenvalue weighted by atomic mass is 10.2. The maximum atomic E-state index is 13.1. The summed E-state index contributed by atoms with van der Waals surface area (Å²) in [5, 5.41) is 7.81. The number of carbonyl (C=O) groups is 1. The van der Waals surface area contributed by atoms with Gasteiger partial charge in [0.2, 0.25) is 0 Å². The Morgan fingerprint density at radius 2 is 1.04 bits per heavy atom. The van der Waals surface area contributed by atoms with Crippen molar-refractivity contribution in [2.75, 3.05) is 0 Å². The van der Waals surface area contributed by atoms with E-state index < -0.39 is 42.5 Å². The number of hydrogen-bond acceptors (Lipinski definition) is 4. The van der Waals surface area contributed by atoms with Gasteiger partial charge in [-0.1, -0.05) is 0 Å². The van der Waals surface area contributed by atoms with Crippen molar-refractivity contribution in [3.8, 4) is 0 Å². The number of carboxylic acid groups (broad SMARTS) is 1. The summed E-state index contributed by atoms with van der Waals surface area (Å²) in [6.07, 6.45) is -28.8. The van der Waals surface area contributed by atoms with E-state index in [0.717, 1.165) is 0 Å². The second-order valence-corrected chi connectivity index (χ2v) is 3.66. The van der Waals surface area contributed by atoms with Crippen LogP contribution in [0, 0.1) is 0 Å². The van der Waals surface area contributed by atoms with E-state index >= 15 is 0 Å². The van der Waals surface area contributed by atoms with E-state index in [1.165, 1.54) is 4.74 Å². The molecule has 0 radical (unpaired) electrons. The molecule has 0 aliphatic rings. The highest BCUT2D eigenvalue weighted by Crippen LogP contribution is 2.52. The minimum absolute atomic E-state index is 0. The standard InChI is InChI=1S/C7HF13O4.H3N/c8-2(1(21)22,4(10,11)12)23-6(16,17)3(9,5(13,14)15)24-7(18,19)20;/h(H,21,22);1H3. The van der Waals surface area contributed by atoms with Gasteiger partial charge >= 0.3 is 42.5 Å². The molecule has 0 aromatic rings. The third-order valence-electron chi connectivity index (χ3n) is 1.90. The molecule has 0 saturated heterocycles. The highest BCUT2D eigenvalue weighted by atomic mass is 19.4. The fourth-order valence-corrected chi connectivity index (χ4v) is 0.907. The SMILES string of the molecule is N.O=C(O)C(F)(OC(F)(F)C(F)(OC(F)(F)F)C(F)(F)F)C(F)(F)F. The average Bonchev–Trinajstić information content (AvgIpc) is 2.21. The van der Waals surface area contributed by atoms with Crippen LogP contribution in [0.1, 0.15) is 0 Å². The van der Waals surface area contributed by atoms with Gasteiger partial charge in [0, 0.05) is 0 Å². The fraction of sp³-hybridized carbons (Fsp3) is 0.857. The van der Waals surface area contributed by atoms with Gasteiger partial charge in [-0.25, -0.2) is 9.53 Å². The van der Waals surface area contributed by atoms with Gasteiger partial charge in [-0.15, -0.1) is 13.2 Å². The van der Waals surface area contributed by atoms with Gasteiger partial charge in [-0.05, 0) is 0 Å². The van der Waals surface area contributed by atoms with Crippen LogP contribution in [-0.4, -0.2) is 47.6 Å². The zero-order chi connectivity index (χ0) is 20.0. The largest absolute Gasteiger partial charge is 0.525 e. The average molecular weight is 413 g/mol. The number of halogens is 13. The predicted octanol–water partition coefficient (Wildman–Crippen LogP) is 3.83. The molecule has 0 amide bonds. The summed E-state index contributed by atoms with van der Waals surface area (Å²) in [6, 6.07) is 0. The first-order valence-electron chi connectivity index (χ1n) is 4.70. The normalized spacial score (nSPS) is 18.8. The van der Waals surface area contributed by atoms with Crippen molar-refractivity contribution >= 4 is 5.97 Å². The van der Waals surface area contributed by atoms with E-state index in [2.05, 4.69) is 0 Å². The van der Waals surface area contributed by atoms with Crippen molar-refractivity contribution < 1.29 is 76.5 Å². The van der Waals surface area contributed by atoms with Crippen LogP contribution < -0.4 is 6.15 Å². The van der Waals surface area contributed by atoms with Crippen LogP contribution in [0.25, 0.3) is 0 Å². The first-order chi connectivity index (χ1) is 10.1. The molecule has 0 fully saturated rings. The number of hydrogen-bond donors (Lipinski definition) is 2. The van der Waals surface area contributed by atoms with Gasteiger partial charge in [-0.3, -0.25) is 4.74 Å².